The van der Waals surface area contributed by atoms with Gasteiger partial charge >= 0.3 is 0 Å². The van der Waals surface area contributed by atoms with Crippen molar-refractivity contribution in [2.45, 2.75) is 6.42 Å². The summed E-state index contributed by atoms with van der Waals surface area (Å²) in [6, 6.07) is 12.2. The molecule has 5 nitrogen and oxygen atoms in total. The zero-order chi connectivity index (χ0) is 15.7. The van der Waals surface area contributed by atoms with Gasteiger partial charge in [0, 0.05) is 23.9 Å². The topological polar surface area (TPSA) is 63.5 Å². The van der Waals surface area contributed by atoms with E-state index in [1.807, 2.05) is 24.3 Å². The lowest BCUT2D eigenvalue weighted by Gasteiger charge is -2.17. The highest BCUT2D eigenvalue weighted by Gasteiger charge is 2.26. The summed E-state index contributed by atoms with van der Waals surface area (Å²) < 4.78 is 0. The van der Waals surface area contributed by atoms with Crippen molar-refractivity contribution in [2.75, 3.05) is 11.4 Å². The van der Waals surface area contributed by atoms with E-state index in [1.165, 1.54) is 12.1 Å². The summed E-state index contributed by atoms with van der Waals surface area (Å²) in [7, 11) is 0. The second-order valence-corrected chi connectivity index (χ2v) is 5.07. The van der Waals surface area contributed by atoms with E-state index in [2.05, 4.69) is 6.58 Å². The Balaban J connectivity index is 1.99. The molecule has 0 fully saturated rings. The van der Waals surface area contributed by atoms with Crippen LogP contribution in [0.3, 0.4) is 0 Å². The monoisotopic (exact) mass is 294 g/mol. The fourth-order valence-electron chi connectivity index (χ4n) is 2.71. The van der Waals surface area contributed by atoms with E-state index in [0.29, 0.717) is 17.7 Å². The number of amides is 1. The molecular formula is C17H14N2O3. The van der Waals surface area contributed by atoms with Crippen molar-refractivity contribution < 1.29 is 9.72 Å². The lowest BCUT2D eigenvalue weighted by atomic mass is 10.1. The van der Waals surface area contributed by atoms with Gasteiger partial charge in [-0.15, -0.1) is 0 Å². The fraction of sp³-hybridized carbons (Fsp3) is 0.118. The van der Waals surface area contributed by atoms with Crippen molar-refractivity contribution in [2.24, 2.45) is 0 Å². The maximum atomic E-state index is 12.7. The fourth-order valence-corrected chi connectivity index (χ4v) is 2.71. The van der Waals surface area contributed by atoms with Gasteiger partial charge in [0.1, 0.15) is 0 Å². The minimum Gasteiger partial charge on any atom is -0.308 e. The first-order valence-corrected chi connectivity index (χ1v) is 6.92. The number of benzene rings is 2. The number of nitro benzene ring substituents is 1. The molecule has 0 N–H and O–H groups in total. The second kappa shape index (κ2) is 5.44. The number of carbonyl (C=O) groups is 1. The predicted molar refractivity (Wildman–Crippen MR) is 85.0 cm³/mol. The highest BCUT2D eigenvalue weighted by atomic mass is 16.6. The lowest BCUT2D eigenvalue weighted by molar-refractivity contribution is -0.385. The number of nitro groups is 1. The zero-order valence-corrected chi connectivity index (χ0v) is 11.9. The standard InChI is InChI=1S/C17H14N2O3/c1-2-12-7-8-14(11-16(12)19(21)22)17(20)18-10-9-13-5-3-4-6-15(13)18/h2-8,11H,1,9-10H2. The van der Waals surface area contributed by atoms with Crippen LogP contribution in [0, 0.1) is 10.1 Å². The maximum absolute atomic E-state index is 12.7. The number of anilines is 1. The number of hydrogen-bond acceptors (Lipinski definition) is 3. The third-order valence-electron chi connectivity index (χ3n) is 3.83. The van der Waals surface area contributed by atoms with Gasteiger partial charge in [0.2, 0.25) is 0 Å². The summed E-state index contributed by atoms with van der Waals surface area (Å²) in [5.74, 6) is -0.219. The normalized spacial score (nSPS) is 12.8. The van der Waals surface area contributed by atoms with E-state index in [4.69, 9.17) is 0 Å². The van der Waals surface area contributed by atoms with Gasteiger partial charge in [0.15, 0.2) is 0 Å². The van der Waals surface area contributed by atoms with Gasteiger partial charge in [-0.3, -0.25) is 14.9 Å². The van der Waals surface area contributed by atoms with Crippen LogP contribution < -0.4 is 4.90 Å². The number of fused-ring (bicyclic) bond motifs is 1. The molecule has 2 aromatic rings. The van der Waals surface area contributed by atoms with Crippen LogP contribution in [-0.4, -0.2) is 17.4 Å². The number of rotatable bonds is 3. The van der Waals surface area contributed by atoms with E-state index in [1.54, 1.807) is 17.0 Å². The Bertz CT molecular complexity index is 783. The molecular weight excluding hydrogens is 280 g/mol. The van der Waals surface area contributed by atoms with E-state index >= 15 is 0 Å². The Labute approximate surface area is 127 Å². The van der Waals surface area contributed by atoms with Crippen molar-refractivity contribution in [3.63, 3.8) is 0 Å². The van der Waals surface area contributed by atoms with Gasteiger partial charge in [-0.1, -0.05) is 30.9 Å². The van der Waals surface area contributed by atoms with Gasteiger partial charge in [-0.2, -0.15) is 0 Å². The Morgan fingerprint density at radius 1 is 1.27 bits per heavy atom. The average molecular weight is 294 g/mol. The quantitative estimate of drug-likeness (QED) is 0.643. The number of hydrogen-bond donors (Lipinski definition) is 0. The molecule has 2 aromatic carbocycles. The maximum Gasteiger partial charge on any atom is 0.277 e. The number of nitrogens with zero attached hydrogens (tertiary/aromatic N) is 2. The second-order valence-electron chi connectivity index (χ2n) is 5.07. The van der Waals surface area contributed by atoms with E-state index in [0.717, 1.165) is 17.7 Å². The highest BCUT2D eigenvalue weighted by molar-refractivity contribution is 6.07. The van der Waals surface area contributed by atoms with Crippen LogP contribution in [0.25, 0.3) is 6.08 Å². The Morgan fingerprint density at radius 3 is 2.77 bits per heavy atom. The summed E-state index contributed by atoms with van der Waals surface area (Å²) >= 11 is 0. The molecule has 0 spiro atoms. The van der Waals surface area contributed by atoms with Crippen LogP contribution >= 0.6 is 0 Å². The molecule has 0 saturated carbocycles. The SMILES string of the molecule is C=Cc1ccc(C(=O)N2CCc3ccccc32)cc1[N+](=O)[O-]. The molecule has 0 bridgehead atoms. The largest absolute Gasteiger partial charge is 0.308 e. The summed E-state index contributed by atoms with van der Waals surface area (Å²) in [6.45, 7) is 4.15. The summed E-state index contributed by atoms with van der Waals surface area (Å²) in [6.07, 6.45) is 2.21. The summed E-state index contributed by atoms with van der Waals surface area (Å²) in [4.78, 5) is 24.9. The lowest BCUT2D eigenvalue weighted by Crippen LogP contribution is -2.28. The third kappa shape index (κ3) is 2.26. The van der Waals surface area contributed by atoms with E-state index in [9.17, 15) is 14.9 Å². The van der Waals surface area contributed by atoms with Crippen LogP contribution in [-0.2, 0) is 6.42 Å². The van der Waals surface area contributed by atoms with Crippen LogP contribution in [0.4, 0.5) is 11.4 Å². The first-order chi connectivity index (χ1) is 10.6. The van der Waals surface area contributed by atoms with Crippen molar-refractivity contribution in [1.82, 2.24) is 0 Å². The van der Waals surface area contributed by atoms with Crippen molar-refractivity contribution in [3.8, 4) is 0 Å². The van der Waals surface area contributed by atoms with E-state index in [-0.39, 0.29) is 11.6 Å². The van der Waals surface area contributed by atoms with Crippen LogP contribution in [0.1, 0.15) is 21.5 Å². The third-order valence-corrected chi connectivity index (χ3v) is 3.83. The van der Waals surface area contributed by atoms with Gasteiger partial charge < -0.3 is 4.90 Å². The van der Waals surface area contributed by atoms with Crippen molar-refractivity contribution >= 4 is 23.4 Å². The molecule has 1 amide bonds. The molecule has 22 heavy (non-hydrogen) atoms. The number of para-hydroxylation sites is 1. The molecule has 0 saturated heterocycles. The molecule has 0 atom stereocenters. The average Bonchev–Trinajstić information content (AvgIpc) is 2.97. The van der Waals surface area contributed by atoms with Gasteiger partial charge in [-0.05, 0) is 30.2 Å². The highest BCUT2D eigenvalue weighted by Crippen LogP contribution is 2.30. The molecule has 5 heteroatoms. The smallest absolute Gasteiger partial charge is 0.277 e. The summed E-state index contributed by atoms with van der Waals surface area (Å²) in [5, 5.41) is 11.1. The number of carbonyl (C=O) groups excluding carboxylic acids is 1. The molecule has 0 aromatic heterocycles. The van der Waals surface area contributed by atoms with Crippen LogP contribution in [0.5, 0.6) is 0 Å². The Hall–Kier alpha value is -2.95. The molecule has 1 heterocycles. The van der Waals surface area contributed by atoms with Gasteiger partial charge in [-0.25, -0.2) is 0 Å². The molecule has 110 valence electrons. The Morgan fingerprint density at radius 2 is 2.05 bits per heavy atom. The molecule has 0 unspecified atom stereocenters. The predicted octanol–water partition coefficient (Wildman–Crippen LogP) is 3.44. The molecule has 1 aliphatic heterocycles. The van der Waals surface area contributed by atoms with E-state index < -0.39 is 4.92 Å². The first-order valence-electron chi connectivity index (χ1n) is 6.92. The molecule has 1 aliphatic rings. The Kier molecular flexibility index (Phi) is 3.47. The van der Waals surface area contributed by atoms with Gasteiger partial charge in [0.25, 0.3) is 11.6 Å². The van der Waals surface area contributed by atoms with Crippen LogP contribution in [0.15, 0.2) is 49.0 Å². The van der Waals surface area contributed by atoms with Crippen molar-refractivity contribution in [3.05, 3.63) is 75.8 Å². The molecule has 0 radical (unpaired) electrons. The minimum absolute atomic E-state index is 0.103. The zero-order valence-electron chi connectivity index (χ0n) is 11.9. The van der Waals surface area contributed by atoms with Crippen LogP contribution in [0.2, 0.25) is 0 Å². The van der Waals surface area contributed by atoms with Crippen molar-refractivity contribution in [1.29, 1.82) is 0 Å². The molecule has 0 aliphatic carbocycles. The summed E-state index contributed by atoms with van der Waals surface area (Å²) in [5.41, 5.74) is 2.61. The van der Waals surface area contributed by atoms with Gasteiger partial charge in [0.05, 0.1) is 10.5 Å². The molecule has 3 rings (SSSR count). The minimum atomic E-state index is -0.494. The first kappa shape index (κ1) is 14.0.